The van der Waals surface area contributed by atoms with Crippen molar-refractivity contribution in [2.45, 2.75) is 20.0 Å². The number of anilines is 2. The maximum atomic E-state index is 12.5. The van der Waals surface area contributed by atoms with Gasteiger partial charge in [-0.3, -0.25) is 0 Å². The average molecular weight is 277 g/mol. The van der Waals surface area contributed by atoms with Crippen LogP contribution in [0.3, 0.4) is 0 Å². The van der Waals surface area contributed by atoms with Crippen LogP contribution in [0.15, 0.2) is 6.07 Å². The number of aromatic nitrogens is 2. The van der Waals surface area contributed by atoms with Crippen molar-refractivity contribution in [1.29, 1.82) is 0 Å². The van der Waals surface area contributed by atoms with E-state index in [1.807, 2.05) is 13.8 Å². The highest BCUT2D eigenvalue weighted by molar-refractivity contribution is 5.41. The molecule has 0 atom stereocenters. The van der Waals surface area contributed by atoms with Gasteiger partial charge in [0.2, 0.25) is 5.95 Å². The van der Waals surface area contributed by atoms with Gasteiger partial charge >= 0.3 is 6.18 Å². The van der Waals surface area contributed by atoms with Crippen LogP contribution in [0, 0.1) is 0 Å². The molecule has 0 aliphatic carbocycles. The summed E-state index contributed by atoms with van der Waals surface area (Å²) in [6.45, 7) is 7.03. The van der Waals surface area contributed by atoms with Crippen molar-refractivity contribution < 1.29 is 13.2 Å². The lowest BCUT2D eigenvalue weighted by Crippen LogP contribution is -2.29. The summed E-state index contributed by atoms with van der Waals surface area (Å²) in [6.07, 6.45) is -4.52. The zero-order valence-electron chi connectivity index (χ0n) is 11.0. The van der Waals surface area contributed by atoms with Crippen LogP contribution >= 0.6 is 0 Å². The standard InChI is InChI=1S/C11H18F3N5/c1-3-19(4-2)6-5-16-9-7-8(11(12,13)14)17-10(15)18-9/h7H,3-6H2,1-2H3,(H3,15,16,17,18). The van der Waals surface area contributed by atoms with Crippen molar-refractivity contribution in [2.75, 3.05) is 37.2 Å². The number of halogens is 3. The first kappa shape index (κ1) is 15.5. The molecule has 0 saturated heterocycles. The molecule has 0 amide bonds. The predicted octanol–water partition coefficient (Wildman–Crippen LogP) is 1.83. The minimum Gasteiger partial charge on any atom is -0.369 e. The monoisotopic (exact) mass is 277 g/mol. The van der Waals surface area contributed by atoms with Gasteiger partial charge < -0.3 is 16.0 Å². The summed E-state index contributed by atoms with van der Waals surface area (Å²) in [7, 11) is 0. The largest absolute Gasteiger partial charge is 0.433 e. The third kappa shape index (κ3) is 4.90. The lowest BCUT2D eigenvalue weighted by atomic mass is 10.3. The Morgan fingerprint density at radius 2 is 1.89 bits per heavy atom. The highest BCUT2D eigenvalue weighted by Gasteiger charge is 2.33. The van der Waals surface area contributed by atoms with Crippen molar-refractivity contribution in [3.63, 3.8) is 0 Å². The first-order valence-corrected chi connectivity index (χ1v) is 6.04. The second-order valence-electron chi connectivity index (χ2n) is 3.95. The summed E-state index contributed by atoms with van der Waals surface area (Å²) in [4.78, 5) is 9.05. The van der Waals surface area contributed by atoms with E-state index in [1.165, 1.54) is 0 Å². The summed E-state index contributed by atoms with van der Waals surface area (Å²) in [6, 6.07) is 0.860. The molecule has 0 unspecified atom stereocenters. The van der Waals surface area contributed by atoms with E-state index >= 15 is 0 Å². The van der Waals surface area contributed by atoms with E-state index in [0.717, 1.165) is 25.7 Å². The average Bonchev–Trinajstić information content (AvgIpc) is 2.33. The minimum absolute atomic E-state index is 0.0898. The van der Waals surface area contributed by atoms with Gasteiger partial charge in [-0.15, -0.1) is 0 Å². The van der Waals surface area contributed by atoms with E-state index in [9.17, 15) is 13.2 Å². The maximum Gasteiger partial charge on any atom is 0.433 e. The highest BCUT2D eigenvalue weighted by Crippen LogP contribution is 2.29. The molecule has 0 aromatic carbocycles. The lowest BCUT2D eigenvalue weighted by molar-refractivity contribution is -0.141. The molecular weight excluding hydrogens is 259 g/mol. The second-order valence-corrected chi connectivity index (χ2v) is 3.95. The molecule has 0 fully saturated rings. The smallest absolute Gasteiger partial charge is 0.369 e. The number of nitrogens with zero attached hydrogens (tertiary/aromatic N) is 3. The van der Waals surface area contributed by atoms with Gasteiger partial charge in [0.25, 0.3) is 0 Å². The van der Waals surface area contributed by atoms with Gasteiger partial charge in [0.15, 0.2) is 5.69 Å². The number of nitrogens with one attached hydrogen (secondary N) is 1. The molecule has 0 bridgehead atoms. The number of hydrogen-bond acceptors (Lipinski definition) is 5. The van der Waals surface area contributed by atoms with Crippen LogP contribution in [-0.4, -0.2) is 41.0 Å². The van der Waals surface area contributed by atoms with Crippen molar-refractivity contribution in [3.05, 3.63) is 11.8 Å². The Kier molecular flexibility index (Phi) is 5.34. The third-order valence-corrected chi connectivity index (χ3v) is 2.66. The van der Waals surface area contributed by atoms with Crippen LogP contribution in [0.25, 0.3) is 0 Å². The van der Waals surface area contributed by atoms with Gasteiger partial charge in [-0.05, 0) is 13.1 Å². The van der Waals surface area contributed by atoms with Crippen LogP contribution in [0.4, 0.5) is 24.9 Å². The van der Waals surface area contributed by atoms with Crippen LogP contribution in [0.5, 0.6) is 0 Å². The summed E-state index contributed by atoms with van der Waals surface area (Å²) in [5, 5.41) is 2.82. The molecule has 0 spiro atoms. The number of nitrogens with two attached hydrogens (primary N) is 1. The Balaban J connectivity index is 2.66. The minimum atomic E-state index is -4.52. The number of likely N-dealkylation sites (N-methyl/N-ethyl adjacent to an activating group) is 1. The van der Waals surface area contributed by atoms with Crippen LogP contribution < -0.4 is 11.1 Å². The number of hydrogen-bond donors (Lipinski definition) is 2. The topological polar surface area (TPSA) is 67.1 Å². The molecule has 0 saturated carbocycles. The van der Waals surface area contributed by atoms with Crippen molar-refractivity contribution >= 4 is 11.8 Å². The van der Waals surface area contributed by atoms with Gasteiger partial charge in [0.1, 0.15) is 5.82 Å². The van der Waals surface area contributed by atoms with Crippen molar-refractivity contribution in [1.82, 2.24) is 14.9 Å². The number of alkyl halides is 3. The van der Waals surface area contributed by atoms with Crippen molar-refractivity contribution in [3.8, 4) is 0 Å². The molecule has 108 valence electrons. The number of rotatable bonds is 6. The van der Waals surface area contributed by atoms with E-state index in [4.69, 9.17) is 5.73 Å². The van der Waals surface area contributed by atoms with Gasteiger partial charge in [-0.2, -0.15) is 18.2 Å². The zero-order valence-corrected chi connectivity index (χ0v) is 11.0. The Bertz CT molecular complexity index is 404. The third-order valence-electron chi connectivity index (χ3n) is 2.66. The summed E-state index contributed by atoms with van der Waals surface area (Å²) in [5.74, 6) is -0.299. The molecule has 1 aromatic heterocycles. The van der Waals surface area contributed by atoms with Gasteiger partial charge in [0.05, 0.1) is 0 Å². The van der Waals surface area contributed by atoms with Crippen LogP contribution in [-0.2, 0) is 6.18 Å². The van der Waals surface area contributed by atoms with Crippen molar-refractivity contribution in [2.24, 2.45) is 0 Å². The fraction of sp³-hybridized carbons (Fsp3) is 0.636. The Morgan fingerprint density at radius 1 is 1.26 bits per heavy atom. The molecule has 1 aromatic rings. The van der Waals surface area contributed by atoms with Crippen LogP contribution in [0.2, 0.25) is 0 Å². The molecule has 8 heteroatoms. The maximum absolute atomic E-state index is 12.5. The number of nitrogen functional groups attached to an aromatic ring is 1. The quantitative estimate of drug-likeness (QED) is 0.830. The second kappa shape index (κ2) is 6.55. The normalized spacial score (nSPS) is 11.9. The van der Waals surface area contributed by atoms with E-state index in [1.54, 1.807) is 0 Å². The molecule has 1 rings (SSSR count). The zero-order chi connectivity index (χ0) is 14.5. The lowest BCUT2D eigenvalue weighted by Gasteiger charge is -2.18. The van der Waals surface area contributed by atoms with Gasteiger partial charge in [-0.25, -0.2) is 4.98 Å². The Morgan fingerprint density at radius 3 is 2.42 bits per heavy atom. The predicted molar refractivity (Wildman–Crippen MR) is 67.7 cm³/mol. The van der Waals surface area contributed by atoms with E-state index in [-0.39, 0.29) is 11.8 Å². The fourth-order valence-corrected chi connectivity index (χ4v) is 1.58. The first-order chi connectivity index (χ1) is 8.86. The first-order valence-electron chi connectivity index (χ1n) is 6.04. The SMILES string of the molecule is CCN(CC)CCNc1cc(C(F)(F)F)nc(N)n1. The van der Waals surface area contributed by atoms with Gasteiger partial charge in [0, 0.05) is 19.2 Å². The molecule has 0 aliphatic rings. The van der Waals surface area contributed by atoms with E-state index in [0.29, 0.717) is 6.54 Å². The highest BCUT2D eigenvalue weighted by atomic mass is 19.4. The Hall–Kier alpha value is -1.57. The summed E-state index contributed by atoms with van der Waals surface area (Å²) < 4.78 is 37.6. The molecule has 19 heavy (non-hydrogen) atoms. The molecule has 0 aliphatic heterocycles. The molecule has 0 radical (unpaired) electrons. The molecule has 5 nitrogen and oxygen atoms in total. The molecular formula is C11H18F3N5. The fourth-order valence-electron chi connectivity index (χ4n) is 1.58. The van der Waals surface area contributed by atoms with Gasteiger partial charge in [-0.1, -0.05) is 13.8 Å². The van der Waals surface area contributed by atoms with Crippen LogP contribution in [0.1, 0.15) is 19.5 Å². The summed E-state index contributed by atoms with van der Waals surface area (Å²) in [5.41, 5.74) is 4.23. The Labute approximate surface area is 110 Å². The molecule has 1 heterocycles. The summed E-state index contributed by atoms with van der Waals surface area (Å²) >= 11 is 0. The van der Waals surface area contributed by atoms with E-state index in [2.05, 4.69) is 20.2 Å². The molecule has 3 N–H and O–H groups in total. The van der Waals surface area contributed by atoms with E-state index < -0.39 is 11.9 Å².